The van der Waals surface area contributed by atoms with Crippen molar-refractivity contribution >= 4 is 14.1 Å². The van der Waals surface area contributed by atoms with Crippen molar-refractivity contribution in [2.45, 2.75) is 103 Å². The van der Waals surface area contributed by atoms with Gasteiger partial charge in [-0.1, -0.05) is 90.4 Å². The summed E-state index contributed by atoms with van der Waals surface area (Å²) in [6.45, 7) is 4.67. The number of carbonyl (C=O) groups excluding carboxylic acids is 1. The molecular formula is C25H51O8P. The quantitative estimate of drug-likeness (QED) is 0.0717. The number of rotatable bonds is 29. The summed E-state index contributed by atoms with van der Waals surface area (Å²) in [5.41, 5.74) is 0. The van der Waals surface area contributed by atoms with Crippen molar-refractivity contribution in [1.82, 2.24) is 0 Å². The molecule has 0 saturated heterocycles. The van der Waals surface area contributed by atoms with Crippen LogP contribution >= 0.6 is 7.82 Å². The molecule has 0 aromatic rings. The molecule has 0 aromatic heterocycles. The second-order valence-electron chi connectivity index (χ2n) is 8.52. The Kier molecular flexibility index (Phi) is 27.0. The van der Waals surface area contributed by atoms with E-state index >= 15 is 0 Å². The Balaban J connectivity index is 3.29. The predicted molar refractivity (Wildman–Crippen MR) is 135 cm³/mol. The predicted octanol–water partition coefficient (Wildman–Crippen LogP) is 6.24. The van der Waals surface area contributed by atoms with Crippen LogP contribution in [0.4, 0.5) is 0 Å². The molecule has 0 bridgehead atoms. The number of carbonyl (C=O) groups is 1. The van der Waals surface area contributed by atoms with Gasteiger partial charge in [-0.15, -0.1) is 0 Å². The van der Waals surface area contributed by atoms with Crippen LogP contribution in [0.1, 0.15) is 103 Å². The molecule has 8 nitrogen and oxygen atoms in total. The molecule has 34 heavy (non-hydrogen) atoms. The van der Waals surface area contributed by atoms with E-state index in [-0.39, 0.29) is 19.8 Å². The fourth-order valence-corrected chi connectivity index (χ4v) is 4.14. The zero-order valence-electron chi connectivity index (χ0n) is 21.6. The van der Waals surface area contributed by atoms with Crippen molar-refractivity contribution in [3.63, 3.8) is 0 Å². The summed E-state index contributed by atoms with van der Waals surface area (Å²) >= 11 is 0. The van der Waals surface area contributed by atoms with Crippen LogP contribution in [0.3, 0.4) is 0 Å². The smallest absolute Gasteiger partial charge is 0.379 e. The molecule has 0 aliphatic carbocycles. The van der Waals surface area contributed by atoms with E-state index < -0.39 is 7.82 Å². The molecule has 0 fully saturated rings. The van der Waals surface area contributed by atoms with Gasteiger partial charge in [-0.3, -0.25) is 9.05 Å². The normalized spacial score (nSPS) is 13.2. The first-order valence-corrected chi connectivity index (χ1v) is 14.9. The minimum Gasteiger partial charge on any atom is -0.379 e. The van der Waals surface area contributed by atoms with Gasteiger partial charge in [0.25, 0.3) is 0 Å². The lowest BCUT2D eigenvalue weighted by Crippen LogP contribution is -2.12. The molecule has 0 aliphatic heterocycles. The van der Waals surface area contributed by atoms with Crippen LogP contribution < -0.4 is 0 Å². The van der Waals surface area contributed by atoms with Gasteiger partial charge < -0.3 is 23.9 Å². The van der Waals surface area contributed by atoms with E-state index in [9.17, 15) is 14.3 Å². The highest BCUT2D eigenvalue weighted by Gasteiger charge is 2.20. The summed E-state index contributed by atoms with van der Waals surface area (Å²) in [7, 11) is -4.01. The average Bonchev–Trinajstić information content (AvgIpc) is 2.82. The third-order valence-electron chi connectivity index (χ3n) is 5.36. The Bertz CT molecular complexity index is 464. The molecule has 0 heterocycles. The number of phosphoric acid groups is 1. The molecule has 0 aliphatic rings. The molecule has 1 unspecified atom stereocenters. The van der Waals surface area contributed by atoms with E-state index in [4.69, 9.17) is 23.3 Å². The first-order valence-electron chi connectivity index (χ1n) is 13.4. The van der Waals surface area contributed by atoms with Crippen molar-refractivity contribution in [2.24, 2.45) is 0 Å². The van der Waals surface area contributed by atoms with Crippen LogP contribution in [0.15, 0.2) is 0 Å². The van der Waals surface area contributed by atoms with Gasteiger partial charge in [0.05, 0.1) is 52.9 Å². The highest BCUT2D eigenvalue weighted by Crippen LogP contribution is 2.43. The Morgan fingerprint density at radius 3 is 1.41 bits per heavy atom. The van der Waals surface area contributed by atoms with Gasteiger partial charge in [-0.25, -0.2) is 4.57 Å². The van der Waals surface area contributed by atoms with Crippen LogP contribution in [-0.2, 0) is 32.6 Å². The molecule has 0 spiro atoms. The molecule has 9 heteroatoms. The Morgan fingerprint density at radius 2 is 0.941 bits per heavy atom. The Morgan fingerprint density at radius 1 is 0.559 bits per heavy atom. The minimum absolute atomic E-state index is 0.0126. The highest BCUT2D eigenvalue weighted by molar-refractivity contribution is 7.47. The first kappa shape index (κ1) is 33.7. The van der Waals surface area contributed by atoms with Crippen molar-refractivity contribution in [2.75, 3.05) is 52.9 Å². The largest absolute Gasteiger partial charge is 0.472 e. The van der Waals surface area contributed by atoms with E-state index in [1.54, 1.807) is 0 Å². The molecule has 0 radical (unpaired) electrons. The van der Waals surface area contributed by atoms with E-state index in [2.05, 4.69) is 6.92 Å². The zero-order chi connectivity index (χ0) is 25.0. The third kappa shape index (κ3) is 27.9. The average molecular weight is 511 g/mol. The number of ether oxygens (including phenoxy) is 3. The van der Waals surface area contributed by atoms with Crippen molar-refractivity contribution in [3.8, 4) is 0 Å². The number of aldehydes is 1. The lowest BCUT2D eigenvalue weighted by atomic mass is 10.0. The van der Waals surface area contributed by atoms with Gasteiger partial charge in [0.15, 0.2) is 0 Å². The van der Waals surface area contributed by atoms with Crippen LogP contribution in [0.5, 0.6) is 0 Å². The minimum atomic E-state index is -4.01. The third-order valence-corrected chi connectivity index (χ3v) is 6.38. The van der Waals surface area contributed by atoms with Crippen molar-refractivity contribution < 1.29 is 37.5 Å². The SMILES string of the molecule is CCCCCCCCCCCCCCCCOP(=O)(O)OCCOCCOCCOCCC=O. The van der Waals surface area contributed by atoms with Crippen molar-refractivity contribution in [1.29, 1.82) is 0 Å². The molecule has 0 amide bonds. The van der Waals surface area contributed by atoms with Gasteiger partial charge in [-0.2, -0.15) is 0 Å². The summed E-state index contributed by atoms with van der Waals surface area (Å²) in [5.74, 6) is 0. The van der Waals surface area contributed by atoms with Gasteiger partial charge in [0.2, 0.25) is 0 Å². The standard InChI is InChI=1S/C25H51O8P/c1-2-3-4-5-6-7-8-9-10-11-12-13-14-15-19-32-34(27,28)33-25-24-31-23-22-30-21-20-29-18-16-17-26/h17H,2-16,18-25H2,1H3,(H,27,28). The molecule has 204 valence electrons. The van der Waals surface area contributed by atoms with E-state index in [1.165, 1.54) is 70.6 Å². The lowest BCUT2D eigenvalue weighted by molar-refractivity contribution is -0.109. The highest BCUT2D eigenvalue weighted by atomic mass is 31.2. The van der Waals surface area contributed by atoms with E-state index in [1.807, 2.05) is 0 Å². The summed E-state index contributed by atoms with van der Waals surface area (Å²) in [4.78, 5) is 19.8. The summed E-state index contributed by atoms with van der Waals surface area (Å²) < 4.78 is 37.5. The maximum Gasteiger partial charge on any atom is 0.472 e. The van der Waals surface area contributed by atoms with Gasteiger partial charge >= 0.3 is 7.82 Å². The molecule has 0 saturated carbocycles. The van der Waals surface area contributed by atoms with Crippen LogP contribution in [0.2, 0.25) is 0 Å². The molecule has 1 N–H and O–H groups in total. The number of hydrogen-bond donors (Lipinski definition) is 1. The summed E-state index contributed by atoms with van der Waals surface area (Å²) in [5, 5.41) is 0. The number of unbranched alkanes of at least 4 members (excludes halogenated alkanes) is 13. The fourth-order valence-electron chi connectivity index (χ4n) is 3.40. The number of hydrogen-bond acceptors (Lipinski definition) is 7. The molecule has 0 rings (SSSR count). The summed E-state index contributed by atoms with van der Waals surface area (Å²) in [6.07, 6.45) is 18.9. The molecular weight excluding hydrogens is 459 g/mol. The van der Waals surface area contributed by atoms with Gasteiger partial charge in [-0.05, 0) is 6.42 Å². The Labute approximate surface area is 208 Å². The topological polar surface area (TPSA) is 101 Å². The van der Waals surface area contributed by atoms with E-state index in [0.29, 0.717) is 39.5 Å². The second kappa shape index (κ2) is 27.3. The van der Waals surface area contributed by atoms with Crippen LogP contribution in [0, 0.1) is 0 Å². The molecule has 0 aromatic carbocycles. The van der Waals surface area contributed by atoms with E-state index in [0.717, 1.165) is 25.5 Å². The monoisotopic (exact) mass is 510 g/mol. The first-order chi connectivity index (χ1) is 16.6. The van der Waals surface area contributed by atoms with Gasteiger partial charge in [0.1, 0.15) is 6.29 Å². The summed E-state index contributed by atoms with van der Waals surface area (Å²) in [6, 6.07) is 0. The lowest BCUT2D eigenvalue weighted by Gasteiger charge is -2.12. The number of phosphoric ester groups is 1. The van der Waals surface area contributed by atoms with Crippen LogP contribution in [0.25, 0.3) is 0 Å². The second-order valence-corrected chi connectivity index (χ2v) is 9.98. The van der Waals surface area contributed by atoms with Crippen molar-refractivity contribution in [3.05, 3.63) is 0 Å². The van der Waals surface area contributed by atoms with Crippen LogP contribution in [-0.4, -0.2) is 64.0 Å². The maximum absolute atomic E-state index is 11.8. The van der Waals surface area contributed by atoms with Gasteiger partial charge in [0, 0.05) is 6.42 Å². The maximum atomic E-state index is 11.8. The zero-order valence-corrected chi connectivity index (χ0v) is 22.5. The molecule has 1 atom stereocenters. The Hall–Kier alpha value is -0.340. The fraction of sp³-hybridized carbons (Fsp3) is 0.960.